The quantitative estimate of drug-likeness (QED) is 0.640. The van der Waals surface area contributed by atoms with Crippen molar-refractivity contribution in [1.29, 1.82) is 0 Å². The van der Waals surface area contributed by atoms with Crippen LogP contribution >= 0.6 is 0 Å². The van der Waals surface area contributed by atoms with Crippen LogP contribution in [0.15, 0.2) is 23.8 Å². The summed E-state index contributed by atoms with van der Waals surface area (Å²) >= 11 is 0. The molecule has 16 heavy (non-hydrogen) atoms. The highest BCUT2D eigenvalue weighted by atomic mass is 16.5. The van der Waals surface area contributed by atoms with Crippen molar-refractivity contribution in [2.45, 2.75) is 47.1 Å². The van der Waals surface area contributed by atoms with Gasteiger partial charge in [0.1, 0.15) is 0 Å². The first-order valence-electron chi connectivity index (χ1n) is 6.44. The molecule has 0 radical (unpaired) electrons. The predicted octanol–water partition coefficient (Wildman–Crippen LogP) is 3.96. The SMILES string of the molecule is CCO[C@@H]1C=C2C(C)(C)CC=C[C@@]2(C)[C@@H]1C. The summed E-state index contributed by atoms with van der Waals surface area (Å²) in [5.41, 5.74) is 2.08. The highest BCUT2D eigenvalue weighted by Crippen LogP contribution is 2.56. The molecular weight excluding hydrogens is 196 g/mol. The molecule has 1 nitrogen and oxygen atoms in total. The van der Waals surface area contributed by atoms with Gasteiger partial charge in [0.2, 0.25) is 0 Å². The Morgan fingerprint density at radius 2 is 2.06 bits per heavy atom. The van der Waals surface area contributed by atoms with Crippen LogP contribution in [0.5, 0.6) is 0 Å². The molecule has 0 bridgehead atoms. The lowest BCUT2D eigenvalue weighted by molar-refractivity contribution is 0.0437. The zero-order chi connectivity index (χ0) is 12.0. The van der Waals surface area contributed by atoms with Crippen LogP contribution in [-0.4, -0.2) is 12.7 Å². The van der Waals surface area contributed by atoms with Crippen LogP contribution in [0.2, 0.25) is 0 Å². The molecule has 0 amide bonds. The molecule has 2 aliphatic carbocycles. The van der Waals surface area contributed by atoms with Crippen molar-refractivity contribution in [2.75, 3.05) is 6.61 Å². The Kier molecular flexibility index (Phi) is 2.78. The van der Waals surface area contributed by atoms with E-state index in [0.717, 1.165) is 13.0 Å². The van der Waals surface area contributed by atoms with Gasteiger partial charge in [-0.05, 0) is 24.7 Å². The molecule has 0 saturated carbocycles. The lowest BCUT2D eigenvalue weighted by atomic mass is 9.62. The van der Waals surface area contributed by atoms with Gasteiger partial charge < -0.3 is 4.74 Å². The van der Waals surface area contributed by atoms with Crippen molar-refractivity contribution < 1.29 is 4.74 Å². The summed E-state index contributed by atoms with van der Waals surface area (Å²) in [6.45, 7) is 12.3. The fourth-order valence-electron chi connectivity index (χ4n) is 3.36. The van der Waals surface area contributed by atoms with Gasteiger partial charge in [-0.2, -0.15) is 0 Å². The standard InChI is InChI=1S/C15H24O/c1-6-16-12-10-13-14(3,4)8-7-9-15(13,5)11(12)2/h7,9-12H,6,8H2,1-5H3/t11-,12-,15+/m1/s1. The molecule has 0 aromatic heterocycles. The van der Waals surface area contributed by atoms with E-state index >= 15 is 0 Å². The van der Waals surface area contributed by atoms with E-state index in [-0.39, 0.29) is 5.41 Å². The number of hydrogen-bond acceptors (Lipinski definition) is 1. The number of ether oxygens (including phenoxy) is 1. The van der Waals surface area contributed by atoms with Crippen LogP contribution in [0.25, 0.3) is 0 Å². The monoisotopic (exact) mass is 220 g/mol. The maximum absolute atomic E-state index is 5.86. The maximum atomic E-state index is 5.86. The van der Waals surface area contributed by atoms with Crippen LogP contribution in [0.3, 0.4) is 0 Å². The molecule has 2 rings (SSSR count). The molecule has 2 aliphatic rings. The second kappa shape index (κ2) is 3.73. The van der Waals surface area contributed by atoms with Gasteiger partial charge in [-0.1, -0.05) is 51.5 Å². The lowest BCUT2D eigenvalue weighted by Crippen LogP contribution is -2.34. The Bertz CT molecular complexity index is 337. The van der Waals surface area contributed by atoms with Gasteiger partial charge in [0.15, 0.2) is 0 Å². The smallest absolute Gasteiger partial charge is 0.0795 e. The van der Waals surface area contributed by atoms with Gasteiger partial charge >= 0.3 is 0 Å². The van der Waals surface area contributed by atoms with Gasteiger partial charge in [-0.15, -0.1) is 0 Å². The number of allylic oxidation sites excluding steroid dienone is 3. The number of rotatable bonds is 2. The average molecular weight is 220 g/mol. The highest BCUT2D eigenvalue weighted by molar-refractivity contribution is 5.38. The van der Waals surface area contributed by atoms with Crippen molar-refractivity contribution in [3.8, 4) is 0 Å². The van der Waals surface area contributed by atoms with Crippen LogP contribution in [0.1, 0.15) is 41.0 Å². The van der Waals surface area contributed by atoms with Crippen LogP contribution in [-0.2, 0) is 4.74 Å². The fourth-order valence-corrected chi connectivity index (χ4v) is 3.36. The minimum Gasteiger partial charge on any atom is -0.374 e. The first-order chi connectivity index (χ1) is 7.42. The van der Waals surface area contributed by atoms with Crippen molar-refractivity contribution in [3.05, 3.63) is 23.8 Å². The fraction of sp³-hybridized carbons (Fsp3) is 0.733. The second-order valence-corrected chi connectivity index (χ2v) is 6.06. The zero-order valence-corrected chi connectivity index (χ0v) is 11.2. The van der Waals surface area contributed by atoms with Crippen LogP contribution in [0, 0.1) is 16.7 Å². The van der Waals surface area contributed by atoms with E-state index in [9.17, 15) is 0 Å². The number of fused-ring (bicyclic) bond motifs is 1. The Labute approximate surface area is 99.6 Å². The zero-order valence-electron chi connectivity index (χ0n) is 11.2. The first-order valence-corrected chi connectivity index (χ1v) is 6.44. The summed E-state index contributed by atoms with van der Waals surface area (Å²) in [4.78, 5) is 0. The molecule has 1 heteroatoms. The van der Waals surface area contributed by atoms with Gasteiger partial charge in [0, 0.05) is 12.0 Å². The van der Waals surface area contributed by atoms with Gasteiger partial charge in [0.05, 0.1) is 6.10 Å². The molecule has 0 fully saturated rings. The average Bonchev–Trinajstić information content (AvgIpc) is 2.44. The van der Waals surface area contributed by atoms with Crippen LogP contribution in [0.4, 0.5) is 0 Å². The van der Waals surface area contributed by atoms with Gasteiger partial charge in [0.25, 0.3) is 0 Å². The number of hydrogen-bond donors (Lipinski definition) is 0. The lowest BCUT2D eigenvalue weighted by Gasteiger charge is -2.42. The molecule has 0 saturated heterocycles. The molecule has 0 N–H and O–H groups in total. The van der Waals surface area contributed by atoms with Crippen molar-refractivity contribution >= 4 is 0 Å². The third-order valence-corrected chi connectivity index (χ3v) is 4.53. The van der Waals surface area contributed by atoms with E-state index < -0.39 is 0 Å². The maximum Gasteiger partial charge on any atom is 0.0795 e. The molecule has 3 atom stereocenters. The van der Waals surface area contributed by atoms with E-state index in [1.807, 2.05) is 0 Å². The Morgan fingerprint density at radius 1 is 1.38 bits per heavy atom. The van der Waals surface area contributed by atoms with Crippen molar-refractivity contribution in [1.82, 2.24) is 0 Å². The highest BCUT2D eigenvalue weighted by Gasteiger charge is 2.49. The minimum absolute atomic E-state index is 0.210. The van der Waals surface area contributed by atoms with Crippen molar-refractivity contribution in [2.24, 2.45) is 16.7 Å². The van der Waals surface area contributed by atoms with E-state index in [4.69, 9.17) is 4.74 Å². The Morgan fingerprint density at radius 3 is 2.62 bits per heavy atom. The first kappa shape index (κ1) is 11.9. The summed E-state index contributed by atoms with van der Waals surface area (Å²) < 4.78 is 5.86. The minimum atomic E-state index is 0.210. The molecule has 0 aromatic rings. The second-order valence-electron chi connectivity index (χ2n) is 6.06. The summed E-state index contributed by atoms with van der Waals surface area (Å²) in [5, 5.41) is 0. The predicted molar refractivity (Wildman–Crippen MR) is 68.3 cm³/mol. The molecule has 0 spiro atoms. The van der Waals surface area contributed by atoms with E-state index in [1.165, 1.54) is 0 Å². The summed E-state index contributed by atoms with van der Waals surface area (Å²) in [7, 11) is 0. The Balaban J connectivity index is 2.39. The summed E-state index contributed by atoms with van der Waals surface area (Å²) in [6.07, 6.45) is 8.58. The largest absolute Gasteiger partial charge is 0.374 e. The van der Waals surface area contributed by atoms with Crippen molar-refractivity contribution in [3.63, 3.8) is 0 Å². The van der Waals surface area contributed by atoms with E-state index in [1.54, 1.807) is 5.57 Å². The van der Waals surface area contributed by atoms with Gasteiger partial charge in [-0.3, -0.25) is 0 Å². The normalized spacial score (nSPS) is 40.7. The topological polar surface area (TPSA) is 9.23 Å². The van der Waals surface area contributed by atoms with E-state index in [0.29, 0.717) is 17.4 Å². The molecule has 0 aromatic carbocycles. The van der Waals surface area contributed by atoms with Gasteiger partial charge in [-0.25, -0.2) is 0 Å². The third-order valence-electron chi connectivity index (χ3n) is 4.53. The molecular formula is C15H24O. The summed E-state index contributed by atoms with van der Waals surface area (Å²) in [5.74, 6) is 0.554. The molecule has 0 heterocycles. The Hall–Kier alpha value is -0.560. The third kappa shape index (κ3) is 1.57. The molecule has 90 valence electrons. The molecule has 0 unspecified atom stereocenters. The molecule has 0 aliphatic heterocycles. The van der Waals surface area contributed by atoms with Crippen LogP contribution < -0.4 is 0 Å². The summed E-state index contributed by atoms with van der Waals surface area (Å²) in [6, 6.07) is 0. The van der Waals surface area contributed by atoms with E-state index in [2.05, 4.69) is 52.8 Å².